The van der Waals surface area contributed by atoms with Crippen LogP contribution in [0.1, 0.15) is 18.4 Å². The van der Waals surface area contributed by atoms with E-state index in [-0.39, 0.29) is 5.92 Å². The largest absolute Gasteiger partial charge is 0.316 e. The summed E-state index contributed by atoms with van der Waals surface area (Å²) in [4.78, 5) is 10.9. The number of rotatable bonds is 4. The Labute approximate surface area is 97.1 Å². The SMILES string of the molecule is O=CC1CNCCC1CCc1ccccc1. The van der Waals surface area contributed by atoms with Crippen molar-refractivity contribution in [2.75, 3.05) is 13.1 Å². The highest BCUT2D eigenvalue weighted by atomic mass is 16.1. The van der Waals surface area contributed by atoms with Crippen LogP contribution in [0.4, 0.5) is 0 Å². The molecule has 1 aromatic rings. The zero-order valence-electron chi connectivity index (χ0n) is 9.56. The minimum Gasteiger partial charge on any atom is -0.316 e. The van der Waals surface area contributed by atoms with Gasteiger partial charge in [-0.25, -0.2) is 0 Å². The Morgan fingerprint density at radius 3 is 2.88 bits per heavy atom. The molecule has 0 saturated carbocycles. The normalized spacial score (nSPS) is 25.2. The van der Waals surface area contributed by atoms with Crippen LogP contribution in [0, 0.1) is 11.8 Å². The van der Waals surface area contributed by atoms with Crippen LogP contribution in [0.3, 0.4) is 0 Å². The second-order valence-corrected chi connectivity index (χ2v) is 4.58. The van der Waals surface area contributed by atoms with E-state index in [4.69, 9.17) is 0 Å². The Morgan fingerprint density at radius 1 is 1.31 bits per heavy atom. The molecule has 1 aliphatic rings. The van der Waals surface area contributed by atoms with Gasteiger partial charge in [0.15, 0.2) is 0 Å². The van der Waals surface area contributed by atoms with Crippen molar-refractivity contribution in [1.29, 1.82) is 0 Å². The third-order valence-electron chi connectivity index (χ3n) is 3.50. The third-order valence-corrected chi connectivity index (χ3v) is 3.50. The van der Waals surface area contributed by atoms with Gasteiger partial charge in [0.1, 0.15) is 6.29 Å². The number of hydrogen-bond acceptors (Lipinski definition) is 2. The molecule has 1 aromatic carbocycles. The number of piperidine rings is 1. The van der Waals surface area contributed by atoms with Gasteiger partial charge in [0.05, 0.1) is 0 Å². The van der Waals surface area contributed by atoms with Gasteiger partial charge < -0.3 is 10.1 Å². The summed E-state index contributed by atoms with van der Waals surface area (Å²) in [7, 11) is 0. The highest BCUT2D eigenvalue weighted by molar-refractivity contribution is 5.54. The van der Waals surface area contributed by atoms with Crippen molar-refractivity contribution in [2.45, 2.75) is 19.3 Å². The van der Waals surface area contributed by atoms with Crippen LogP contribution in [-0.4, -0.2) is 19.4 Å². The van der Waals surface area contributed by atoms with Crippen LogP contribution in [0.2, 0.25) is 0 Å². The van der Waals surface area contributed by atoms with Crippen molar-refractivity contribution < 1.29 is 4.79 Å². The summed E-state index contributed by atoms with van der Waals surface area (Å²) in [6.07, 6.45) is 4.49. The van der Waals surface area contributed by atoms with Gasteiger partial charge in [0.25, 0.3) is 0 Å². The van der Waals surface area contributed by atoms with E-state index in [1.165, 1.54) is 5.56 Å². The van der Waals surface area contributed by atoms with Gasteiger partial charge in [-0.2, -0.15) is 0 Å². The van der Waals surface area contributed by atoms with Crippen molar-refractivity contribution in [2.24, 2.45) is 11.8 Å². The maximum absolute atomic E-state index is 10.9. The molecule has 16 heavy (non-hydrogen) atoms. The lowest BCUT2D eigenvalue weighted by molar-refractivity contribution is -0.113. The first kappa shape index (κ1) is 11.3. The molecule has 2 nitrogen and oxygen atoms in total. The molecule has 1 heterocycles. The molecule has 2 atom stereocenters. The molecule has 0 aliphatic carbocycles. The summed E-state index contributed by atoms with van der Waals surface area (Å²) in [5.41, 5.74) is 1.38. The molecule has 0 aromatic heterocycles. The van der Waals surface area contributed by atoms with Gasteiger partial charge in [-0.15, -0.1) is 0 Å². The third kappa shape index (κ3) is 2.92. The molecule has 1 fully saturated rings. The topological polar surface area (TPSA) is 29.1 Å². The van der Waals surface area contributed by atoms with Crippen LogP contribution >= 0.6 is 0 Å². The van der Waals surface area contributed by atoms with Crippen LogP contribution in [-0.2, 0) is 11.2 Å². The molecule has 2 heteroatoms. The summed E-state index contributed by atoms with van der Waals surface area (Å²) in [6, 6.07) is 10.5. The summed E-state index contributed by atoms with van der Waals surface area (Å²) < 4.78 is 0. The van der Waals surface area contributed by atoms with E-state index in [1.54, 1.807) is 0 Å². The summed E-state index contributed by atoms with van der Waals surface area (Å²) in [5, 5.41) is 3.28. The lowest BCUT2D eigenvalue weighted by Crippen LogP contribution is -2.37. The molecule has 1 saturated heterocycles. The van der Waals surface area contributed by atoms with Crippen molar-refractivity contribution in [1.82, 2.24) is 5.32 Å². The van der Waals surface area contributed by atoms with Crippen molar-refractivity contribution in [3.05, 3.63) is 35.9 Å². The predicted octanol–water partition coefficient (Wildman–Crippen LogP) is 2.04. The van der Waals surface area contributed by atoms with E-state index in [0.29, 0.717) is 5.92 Å². The van der Waals surface area contributed by atoms with E-state index in [0.717, 1.165) is 38.6 Å². The zero-order valence-corrected chi connectivity index (χ0v) is 9.56. The zero-order chi connectivity index (χ0) is 11.2. The standard InChI is InChI=1S/C14H19NO/c16-11-14-10-15-9-8-13(14)7-6-12-4-2-1-3-5-12/h1-5,11,13-15H,6-10H2. The van der Waals surface area contributed by atoms with Crippen LogP contribution in [0.15, 0.2) is 30.3 Å². The predicted molar refractivity (Wildman–Crippen MR) is 65.3 cm³/mol. The Morgan fingerprint density at radius 2 is 2.12 bits per heavy atom. The van der Waals surface area contributed by atoms with E-state index < -0.39 is 0 Å². The fraction of sp³-hybridized carbons (Fsp3) is 0.500. The number of hydrogen-bond donors (Lipinski definition) is 1. The maximum atomic E-state index is 10.9. The monoisotopic (exact) mass is 217 g/mol. The fourth-order valence-electron chi connectivity index (χ4n) is 2.45. The molecule has 2 unspecified atom stereocenters. The van der Waals surface area contributed by atoms with E-state index in [1.807, 2.05) is 6.07 Å². The summed E-state index contributed by atoms with van der Waals surface area (Å²) >= 11 is 0. The minimum absolute atomic E-state index is 0.220. The number of aryl methyl sites for hydroxylation is 1. The molecular formula is C14H19NO. The molecule has 0 spiro atoms. The lowest BCUT2D eigenvalue weighted by Gasteiger charge is -2.28. The lowest BCUT2D eigenvalue weighted by atomic mass is 9.83. The molecule has 86 valence electrons. The van der Waals surface area contributed by atoms with E-state index >= 15 is 0 Å². The van der Waals surface area contributed by atoms with Gasteiger partial charge >= 0.3 is 0 Å². The fourth-order valence-corrected chi connectivity index (χ4v) is 2.45. The van der Waals surface area contributed by atoms with Gasteiger partial charge in [-0.3, -0.25) is 0 Å². The smallest absolute Gasteiger partial charge is 0.124 e. The van der Waals surface area contributed by atoms with E-state index in [9.17, 15) is 4.79 Å². The molecule has 0 bridgehead atoms. The molecule has 0 amide bonds. The number of benzene rings is 1. The molecule has 1 N–H and O–H groups in total. The first-order valence-electron chi connectivity index (χ1n) is 6.10. The first-order chi connectivity index (χ1) is 7.90. The van der Waals surface area contributed by atoms with Crippen LogP contribution in [0.25, 0.3) is 0 Å². The van der Waals surface area contributed by atoms with Gasteiger partial charge in [-0.1, -0.05) is 30.3 Å². The van der Waals surface area contributed by atoms with Gasteiger partial charge in [-0.05, 0) is 37.3 Å². The summed E-state index contributed by atoms with van der Waals surface area (Å²) in [6.45, 7) is 1.92. The molecule has 1 aliphatic heterocycles. The quantitative estimate of drug-likeness (QED) is 0.782. The average molecular weight is 217 g/mol. The van der Waals surface area contributed by atoms with Crippen LogP contribution in [0.5, 0.6) is 0 Å². The molecular weight excluding hydrogens is 198 g/mol. The Bertz CT molecular complexity index is 323. The number of nitrogens with one attached hydrogen (secondary N) is 1. The highest BCUT2D eigenvalue weighted by Gasteiger charge is 2.23. The van der Waals surface area contributed by atoms with Crippen molar-refractivity contribution in [3.8, 4) is 0 Å². The second kappa shape index (κ2) is 5.80. The van der Waals surface area contributed by atoms with Gasteiger partial charge in [0.2, 0.25) is 0 Å². The van der Waals surface area contributed by atoms with Crippen molar-refractivity contribution >= 4 is 6.29 Å². The maximum Gasteiger partial charge on any atom is 0.124 e. The van der Waals surface area contributed by atoms with Crippen molar-refractivity contribution in [3.63, 3.8) is 0 Å². The Balaban J connectivity index is 1.86. The number of carbonyl (C=O) groups is 1. The van der Waals surface area contributed by atoms with E-state index in [2.05, 4.69) is 29.6 Å². The minimum atomic E-state index is 0.220. The number of aldehydes is 1. The number of carbonyl (C=O) groups excluding carboxylic acids is 1. The first-order valence-corrected chi connectivity index (χ1v) is 6.10. The second-order valence-electron chi connectivity index (χ2n) is 4.58. The average Bonchev–Trinajstić information content (AvgIpc) is 2.38. The Kier molecular flexibility index (Phi) is 4.11. The Hall–Kier alpha value is -1.15. The highest BCUT2D eigenvalue weighted by Crippen LogP contribution is 2.22. The van der Waals surface area contributed by atoms with Crippen LogP contribution < -0.4 is 5.32 Å². The molecule has 2 rings (SSSR count). The van der Waals surface area contributed by atoms with Gasteiger partial charge in [0, 0.05) is 12.5 Å². The molecule has 0 radical (unpaired) electrons. The summed E-state index contributed by atoms with van der Waals surface area (Å²) in [5.74, 6) is 0.788.